The van der Waals surface area contributed by atoms with Gasteiger partial charge in [0.2, 0.25) is 0 Å². The molecule has 4 nitrogen and oxygen atoms in total. The molecular weight excluding hydrogens is 220 g/mol. The number of primary amides is 1. The number of halogens is 2. The molecule has 0 saturated carbocycles. The molecule has 0 radical (unpaired) electrons. The zero-order valence-corrected chi connectivity index (χ0v) is 8.54. The first-order chi connectivity index (χ1) is 7.49. The molecule has 0 aromatic heterocycles. The molecule has 0 bridgehead atoms. The number of carbonyl (C=O) groups excluding carboxylic acids is 1. The maximum Gasteiger partial charge on any atom is 0.251 e. The van der Waals surface area contributed by atoms with Crippen molar-refractivity contribution in [2.75, 3.05) is 6.61 Å². The van der Waals surface area contributed by atoms with Crippen LogP contribution < -0.4 is 5.73 Å². The SMILES string of the molecule is CCOC(C(N)=O)c1c(F)ccc(O)c1F. The Hall–Kier alpha value is -1.69. The van der Waals surface area contributed by atoms with Gasteiger partial charge in [-0.2, -0.15) is 0 Å². The third-order valence-corrected chi connectivity index (χ3v) is 1.96. The quantitative estimate of drug-likeness (QED) is 0.818. The van der Waals surface area contributed by atoms with Gasteiger partial charge in [0.05, 0.1) is 5.56 Å². The van der Waals surface area contributed by atoms with Crippen molar-refractivity contribution in [2.24, 2.45) is 5.73 Å². The highest BCUT2D eigenvalue weighted by molar-refractivity contribution is 5.80. The third-order valence-electron chi connectivity index (χ3n) is 1.96. The second-order valence-electron chi connectivity index (χ2n) is 3.03. The summed E-state index contributed by atoms with van der Waals surface area (Å²) in [6.07, 6.45) is -1.54. The van der Waals surface area contributed by atoms with Gasteiger partial charge in [0.25, 0.3) is 5.91 Å². The standard InChI is InChI=1S/C10H11F2NO3/c1-2-16-9(10(13)15)7-5(11)3-4-6(14)8(7)12/h3-4,9,14H,2H2,1H3,(H2,13,15). The molecule has 1 amide bonds. The molecule has 0 spiro atoms. The molecule has 0 aliphatic heterocycles. The Bertz CT molecular complexity index is 409. The molecule has 0 saturated heterocycles. The second kappa shape index (κ2) is 4.89. The summed E-state index contributed by atoms with van der Waals surface area (Å²) in [4.78, 5) is 11.0. The Balaban J connectivity index is 3.28. The number of amides is 1. The first-order valence-corrected chi connectivity index (χ1v) is 4.56. The number of ether oxygens (including phenoxy) is 1. The van der Waals surface area contributed by atoms with Crippen LogP contribution in [-0.4, -0.2) is 17.6 Å². The summed E-state index contributed by atoms with van der Waals surface area (Å²) in [7, 11) is 0. The summed E-state index contributed by atoms with van der Waals surface area (Å²) >= 11 is 0. The fourth-order valence-corrected chi connectivity index (χ4v) is 1.27. The maximum atomic E-state index is 13.4. The average molecular weight is 231 g/mol. The van der Waals surface area contributed by atoms with E-state index in [1.54, 1.807) is 6.92 Å². The van der Waals surface area contributed by atoms with Crippen molar-refractivity contribution in [1.29, 1.82) is 0 Å². The van der Waals surface area contributed by atoms with E-state index in [1.807, 2.05) is 0 Å². The van der Waals surface area contributed by atoms with Gasteiger partial charge in [0.15, 0.2) is 17.7 Å². The maximum absolute atomic E-state index is 13.4. The summed E-state index contributed by atoms with van der Waals surface area (Å²) in [5, 5.41) is 9.07. The lowest BCUT2D eigenvalue weighted by atomic mass is 10.1. The van der Waals surface area contributed by atoms with Crippen LogP contribution in [0, 0.1) is 11.6 Å². The molecule has 1 atom stereocenters. The first kappa shape index (κ1) is 12.4. The van der Waals surface area contributed by atoms with Gasteiger partial charge in [-0.3, -0.25) is 4.79 Å². The molecule has 16 heavy (non-hydrogen) atoms. The number of phenolic OH excluding ortho intramolecular Hbond substituents is 1. The Morgan fingerprint density at radius 2 is 2.19 bits per heavy atom. The molecule has 0 aliphatic rings. The molecule has 0 heterocycles. The summed E-state index contributed by atoms with van der Waals surface area (Å²) in [6.45, 7) is 1.61. The monoisotopic (exact) mass is 231 g/mol. The van der Waals surface area contributed by atoms with Crippen molar-refractivity contribution < 1.29 is 23.4 Å². The topological polar surface area (TPSA) is 72.5 Å². The molecule has 1 rings (SSSR count). The van der Waals surface area contributed by atoms with E-state index in [-0.39, 0.29) is 6.61 Å². The van der Waals surface area contributed by atoms with Gasteiger partial charge in [0.1, 0.15) is 5.82 Å². The van der Waals surface area contributed by atoms with E-state index in [2.05, 4.69) is 0 Å². The van der Waals surface area contributed by atoms with Crippen molar-refractivity contribution in [3.8, 4) is 5.75 Å². The first-order valence-electron chi connectivity index (χ1n) is 4.56. The number of carbonyl (C=O) groups is 1. The fourth-order valence-electron chi connectivity index (χ4n) is 1.27. The third kappa shape index (κ3) is 2.27. The van der Waals surface area contributed by atoms with E-state index in [0.717, 1.165) is 12.1 Å². The molecule has 1 unspecified atom stereocenters. The Morgan fingerprint density at radius 1 is 1.56 bits per heavy atom. The van der Waals surface area contributed by atoms with Crippen LogP contribution in [0.2, 0.25) is 0 Å². The van der Waals surface area contributed by atoms with Crippen LogP contribution in [0.25, 0.3) is 0 Å². The average Bonchev–Trinajstić information content (AvgIpc) is 2.22. The van der Waals surface area contributed by atoms with E-state index >= 15 is 0 Å². The van der Waals surface area contributed by atoms with Gasteiger partial charge in [0, 0.05) is 6.61 Å². The molecule has 6 heteroatoms. The number of hydrogen-bond acceptors (Lipinski definition) is 3. The van der Waals surface area contributed by atoms with Crippen LogP contribution in [0.3, 0.4) is 0 Å². The molecule has 88 valence electrons. The summed E-state index contributed by atoms with van der Waals surface area (Å²) < 4.78 is 31.6. The Morgan fingerprint density at radius 3 is 2.69 bits per heavy atom. The van der Waals surface area contributed by atoms with E-state index in [4.69, 9.17) is 15.6 Å². The van der Waals surface area contributed by atoms with Crippen LogP contribution >= 0.6 is 0 Å². The van der Waals surface area contributed by atoms with Crippen LogP contribution in [0.5, 0.6) is 5.75 Å². The van der Waals surface area contributed by atoms with Gasteiger partial charge in [-0.25, -0.2) is 8.78 Å². The Labute approximate surface area is 90.6 Å². The van der Waals surface area contributed by atoms with Crippen molar-refractivity contribution in [1.82, 2.24) is 0 Å². The van der Waals surface area contributed by atoms with Crippen molar-refractivity contribution >= 4 is 5.91 Å². The van der Waals surface area contributed by atoms with Crippen LogP contribution in [-0.2, 0) is 9.53 Å². The summed E-state index contributed by atoms with van der Waals surface area (Å²) in [6, 6.07) is 1.68. The molecular formula is C10H11F2NO3. The second-order valence-corrected chi connectivity index (χ2v) is 3.03. The number of benzene rings is 1. The minimum atomic E-state index is -1.54. The number of rotatable bonds is 4. The number of phenols is 1. The van der Waals surface area contributed by atoms with Crippen LogP contribution in [0.1, 0.15) is 18.6 Å². The van der Waals surface area contributed by atoms with E-state index in [1.165, 1.54) is 0 Å². The number of hydrogen-bond donors (Lipinski definition) is 2. The molecule has 1 aromatic rings. The smallest absolute Gasteiger partial charge is 0.251 e. The van der Waals surface area contributed by atoms with Gasteiger partial charge in [-0.15, -0.1) is 0 Å². The molecule has 1 aromatic carbocycles. The lowest BCUT2D eigenvalue weighted by Crippen LogP contribution is -2.25. The van der Waals surface area contributed by atoms with E-state index in [9.17, 15) is 13.6 Å². The Kier molecular flexibility index (Phi) is 3.78. The molecule has 3 N–H and O–H groups in total. The number of nitrogens with two attached hydrogens (primary N) is 1. The van der Waals surface area contributed by atoms with Crippen molar-refractivity contribution in [3.05, 3.63) is 29.3 Å². The van der Waals surface area contributed by atoms with Gasteiger partial charge >= 0.3 is 0 Å². The summed E-state index contributed by atoms with van der Waals surface area (Å²) in [5.74, 6) is -4.02. The highest BCUT2D eigenvalue weighted by Gasteiger charge is 2.27. The predicted molar refractivity (Wildman–Crippen MR) is 51.6 cm³/mol. The van der Waals surface area contributed by atoms with Gasteiger partial charge < -0.3 is 15.6 Å². The number of aromatic hydroxyl groups is 1. The molecule has 0 aliphatic carbocycles. The van der Waals surface area contributed by atoms with Crippen molar-refractivity contribution in [3.63, 3.8) is 0 Å². The largest absolute Gasteiger partial charge is 0.505 e. The molecule has 0 fully saturated rings. The minimum Gasteiger partial charge on any atom is -0.505 e. The fraction of sp³-hybridized carbons (Fsp3) is 0.300. The minimum absolute atomic E-state index is 0.0577. The highest BCUT2D eigenvalue weighted by Crippen LogP contribution is 2.29. The summed E-state index contributed by atoms with van der Waals surface area (Å²) in [5.41, 5.74) is 4.29. The lowest BCUT2D eigenvalue weighted by molar-refractivity contribution is -0.130. The normalized spacial score (nSPS) is 12.4. The van der Waals surface area contributed by atoms with Crippen molar-refractivity contribution in [2.45, 2.75) is 13.0 Å². The van der Waals surface area contributed by atoms with Gasteiger partial charge in [-0.05, 0) is 19.1 Å². The highest BCUT2D eigenvalue weighted by atomic mass is 19.1. The van der Waals surface area contributed by atoms with E-state index in [0.29, 0.717) is 0 Å². The van der Waals surface area contributed by atoms with Crippen LogP contribution in [0.15, 0.2) is 12.1 Å². The zero-order chi connectivity index (χ0) is 12.3. The zero-order valence-electron chi connectivity index (χ0n) is 8.54. The van der Waals surface area contributed by atoms with Gasteiger partial charge in [-0.1, -0.05) is 0 Å². The lowest BCUT2D eigenvalue weighted by Gasteiger charge is -2.15. The van der Waals surface area contributed by atoms with E-state index < -0.39 is 35.0 Å². The predicted octanol–water partition coefficient (Wildman–Crippen LogP) is 1.23. The van der Waals surface area contributed by atoms with Crippen LogP contribution in [0.4, 0.5) is 8.78 Å².